The first-order valence-electron chi connectivity index (χ1n) is 8.79. The van der Waals surface area contributed by atoms with Crippen molar-refractivity contribution in [3.05, 3.63) is 65.7 Å². The van der Waals surface area contributed by atoms with Gasteiger partial charge in [-0.2, -0.15) is 0 Å². The lowest BCUT2D eigenvalue weighted by atomic mass is 10.0. The highest BCUT2D eigenvalue weighted by atomic mass is 16.5. The molecule has 1 saturated heterocycles. The second-order valence-electron chi connectivity index (χ2n) is 6.26. The standard InChI is InChI=1S/C21H23NO4/c1-25-18-9-7-16(8-10-18)19(23)11-12-21(24)22-13-14-26-20(15-22)17-5-3-2-4-6-17/h2-10,20H,11-15H2,1H3. The third-order valence-corrected chi connectivity index (χ3v) is 4.57. The number of Topliss-reactive ketones (excluding diaryl/α,β-unsaturated/α-hetero) is 1. The summed E-state index contributed by atoms with van der Waals surface area (Å²) >= 11 is 0. The summed E-state index contributed by atoms with van der Waals surface area (Å²) in [5, 5.41) is 0. The molecule has 26 heavy (non-hydrogen) atoms. The molecule has 0 N–H and O–H groups in total. The van der Waals surface area contributed by atoms with Gasteiger partial charge in [0.15, 0.2) is 5.78 Å². The number of hydrogen-bond acceptors (Lipinski definition) is 4. The summed E-state index contributed by atoms with van der Waals surface area (Å²) < 4.78 is 10.9. The van der Waals surface area contributed by atoms with E-state index in [0.29, 0.717) is 31.0 Å². The zero-order valence-corrected chi connectivity index (χ0v) is 14.9. The Kier molecular flexibility index (Phi) is 6.02. The number of morpholine rings is 1. The predicted octanol–water partition coefficient (Wildman–Crippen LogP) is 3.26. The summed E-state index contributed by atoms with van der Waals surface area (Å²) in [6.45, 7) is 1.61. The van der Waals surface area contributed by atoms with Crippen molar-refractivity contribution in [1.29, 1.82) is 0 Å². The molecule has 1 fully saturated rings. The third-order valence-electron chi connectivity index (χ3n) is 4.57. The number of nitrogens with zero attached hydrogens (tertiary/aromatic N) is 1. The van der Waals surface area contributed by atoms with Crippen LogP contribution in [0.15, 0.2) is 54.6 Å². The lowest BCUT2D eigenvalue weighted by molar-refractivity contribution is -0.139. The molecule has 2 aromatic carbocycles. The Hall–Kier alpha value is -2.66. The van der Waals surface area contributed by atoms with Gasteiger partial charge in [-0.15, -0.1) is 0 Å². The van der Waals surface area contributed by atoms with Gasteiger partial charge in [-0.25, -0.2) is 0 Å². The van der Waals surface area contributed by atoms with Gasteiger partial charge in [-0.1, -0.05) is 30.3 Å². The molecule has 0 saturated carbocycles. The average Bonchev–Trinajstić information content (AvgIpc) is 2.72. The van der Waals surface area contributed by atoms with Crippen molar-refractivity contribution in [2.75, 3.05) is 26.8 Å². The molecular formula is C21H23NO4. The lowest BCUT2D eigenvalue weighted by Crippen LogP contribution is -2.42. The molecule has 1 atom stereocenters. The molecule has 1 amide bonds. The SMILES string of the molecule is COc1ccc(C(=O)CCC(=O)N2CCOC(c3ccccc3)C2)cc1. The van der Waals surface area contributed by atoms with Crippen LogP contribution < -0.4 is 4.74 Å². The molecule has 1 heterocycles. The van der Waals surface area contributed by atoms with E-state index in [-0.39, 0.29) is 30.6 Å². The Bertz CT molecular complexity index is 742. The van der Waals surface area contributed by atoms with Gasteiger partial charge >= 0.3 is 0 Å². The number of carbonyl (C=O) groups is 2. The average molecular weight is 353 g/mol. The Morgan fingerprint density at radius 2 is 1.81 bits per heavy atom. The molecule has 3 rings (SSSR count). The van der Waals surface area contributed by atoms with Crippen molar-refractivity contribution in [2.24, 2.45) is 0 Å². The number of amides is 1. The van der Waals surface area contributed by atoms with Crippen LogP contribution in [0.5, 0.6) is 5.75 Å². The summed E-state index contributed by atoms with van der Waals surface area (Å²) in [6, 6.07) is 16.9. The van der Waals surface area contributed by atoms with E-state index in [0.717, 1.165) is 5.56 Å². The summed E-state index contributed by atoms with van der Waals surface area (Å²) in [5.41, 5.74) is 1.67. The van der Waals surface area contributed by atoms with Crippen LogP contribution in [0.25, 0.3) is 0 Å². The topological polar surface area (TPSA) is 55.8 Å². The second kappa shape index (κ2) is 8.63. The number of ketones is 1. The van der Waals surface area contributed by atoms with Gasteiger partial charge in [-0.3, -0.25) is 9.59 Å². The van der Waals surface area contributed by atoms with Crippen molar-refractivity contribution in [1.82, 2.24) is 4.90 Å². The molecule has 0 aliphatic carbocycles. The van der Waals surface area contributed by atoms with E-state index in [9.17, 15) is 9.59 Å². The van der Waals surface area contributed by atoms with E-state index in [1.165, 1.54) is 0 Å². The van der Waals surface area contributed by atoms with Gasteiger partial charge < -0.3 is 14.4 Å². The van der Waals surface area contributed by atoms with Gasteiger partial charge in [0, 0.05) is 24.9 Å². The Morgan fingerprint density at radius 3 is 2.50 bits per heavy atom. The number of carbonyl (C=O) groups excluding carboxylic acids is 2. The van der Waals surface area contributed by atoms with Gasteiger partial charge in [0.05, 0.1) is 20.3 Å². The molecule has 136 valence electrons. The van der Waals surface area contributed by atoms with Gasteiger partial charge in [0.25, 0.3) is 0 Å². The highest BCUT2D eigenvalue weighted by Gasteiger charge is 2.25. The molecule has 0 aromatic heterocycles. The van der Waals surface area contributed by atoms with Crippen LogP contribution in [-0.4, -0.2) is 43.4 Å². The van der Waals surface area contributed by atoms with Gasteiger partial charge in [-0.05, 0) is 29.8 Å². The molecule has 1 aliphatic heterocycles. The minimum atomic E-state index is -0.105. The fourth-order valence-corrected chi connectivity index (χ4v) is 3.04. The molecule has 5 nitrogen and oxygen atoms in total. The Morgan fingerprint density at radius 1 is 1.08 bits per heavy atom. The normalized spacial score (nSPS) is 17.0. The predicted molar refractivity (Wildman–Crippen MR) is 98.3 cm³/mol. The maximum Gasteiger partial charge on any atom is 0.223 e. The van der Waals surface area contributed by atoms with Crippen molar-refractivity contribution in [2.45, 2.75) is 18.9 Å². The van der Waals surface area contributed by atoms with Gasteiger partial charge in [0.2, 0.25) is 5.91 Å². The maximum atomic E-state index is 12.5. The maximum absolute atomic E-state index is 12.5. The lowest BCUT2D eigenvalue weighted by Gasteiger charge is -2.33. The van der Waals surface area contributed by atoms with E-state index < -0.39 is 0 Å². The van der Waals surface area contributed by atoms with Crippen LogP contribution in [-0.2, 0) is 9.53 Å². The van der Waals surface area contributed by atoms with E-state index in [1.54, 1.807) is 36.3 Å². The van der Waals surface area contributed by atoms with Crippen molar-refractivity contribution < 1.29 is 19.1 Å². The van der Waals surface area contributed by atoms with Crippen LogP contribution in [0, 0.1) is 0 Å². The number of hydrogen-bond donors (Lipinski definition) is 0. The molecule has 1 unspecified atom stereocenters. The van der Waals surface area contributed by atoms with E-state index >= 15 is 0 Å². The zero-order chi connectivity index (χ0) is 18.4. The van der Waals surface area contributed by atoms with Crippen LogP contribution >= 0.6 is 0 Å². The van der Waals surface area contributed by atoms with Crippen LogP contribution in [0.2, 0.25) is 0 Å². The number of benzene rings is 2. The molecule has 0 spiro atoms. The van der Waals surface area contributed by atoms with E-state index in [4.69, 9.17) is 9.47 Å². The molecule has 0 bridgehead atoms. The first-order chi connectivity index (χ1) is 12.7. The smallest absolute Gasteiger partial charge is 0.223 e. The Labute approximate surface area is 153 Å². The zero-order valence-electron chi connectivity index (χ0n) is 14.9. The first kappa shape index (κ1) is 18.1. The molecule has 1 aliphatic rings. The second-order valence-corrected chi connectivity index (χ2v) is 6.26. The number of rotatable bonds is 6. The third kappa shape index (κ3) is 4.49. The van der Waals surface area contributed by atoms with Crippen LogP contribution in [0.3, 0.4) is 0 Å². The minimum absolute atomic E-state index is 0.00362. The van der Waals surface area contributed by atoms with Gasteiger partial charge in [0.1, 0.15) is 11.9 Å². The molecular weight excluding hydrogens is 330 g/mol. The van der Waals surface area contributed by atoms with Crippen molar-refractivity contribution >= 4 is 11.7 Å². The minimum Gasteiger partial charge on any atom is -0.497 e. The highest BCUT2D eigenvalue weighted by Crippen LogP contribution is 2.22. The Balaban J connectivity index is 1.53. The van der Waals surface area contributed by atoms with Crippen molar-refractivity contribution in [3.63, 3.8) is 0 Å². The fraction of sp³-hybridized carbons (Fsp3) is 0.333. The fourth-order valence-electron chi connectivity index (χ4n) is 3.04. The van der Waals surface area contributed by atoms with E-state index in [1.807, 2.05) is 30.3 Å². The van der Waals surface area contributed by atoms with E-state index in [2.05, 4.69) is 0 Å². The molecule has 2 aromatic rings. The number of methoxy groups -OCH3 is 1. The van der Waals surface area contributed by atoms with Crippen molar-refractivity contribution in [3.8, 4) is 5.75 Å². The summed E-state index contributed by atoms with van der Waals surface area (Å²) in [5.74, 6) is 0.669. The summed E-state index contributed by atoms with van der Waals surface area (Å²) in [6.07, 6.45) is 0.316. The number of ether oxygens (including phenoxy) is 2. The van der Waals surface area contributed by atoms with Crippen LogP contribution in [0.1, 0.15) is 34.9 Å². The highest BCUT2D eigenvalue weighted by molar-refractivity contribution is 5.98. The summed E-state index contributed by atoms with van der Waals surface area (Å²) in [4.78, 5) is 26.6. The quantitative estimate of drug-likeness (QED) is 0.748. The molecule has 0 radical (unpaired) electrons. The summed E-state index contributed by atoms with van der Waals surface area (Å²) in [7, 11) is 1.58. The van der Waals surface area contributed by atoms with Crippen LogP contribution in [0.4, 0.5) is 0 Å². The largest absolute Gasteiger partial charge is 0.497 e. The monoisotopic (exact) mass is 353 g/mol. The molecule has 5 heteroatoms. The first-order valence-corrected chi connectivity index (χ1v) is 8.79.